The molecule has 0 saturated heterocycles. The van der Waals surface area contributed by atoms with E-state index in [4.69, 9.17) is 0 Å². The smallest absolute Gasteiger partial charge is 0.00400 e. The molecule has 0 aromatic carbocycles. The first-order valence-electron chi connectivity index (χ1n) is 5.69. The van der Waals surface area contributed by atoms with Gasteiger partial charge in [-0.05, 0) is 30.6 Å². The van der Waals surface area contributed by atoms with Crippen molar-refractivity contribution in [3.8, 4) is 0 Å². The lowest BCUT2D eigenvalue weighted by Crippen LogP contribution is -2.02. The van der Waals surface area contributed by atoms with Crippen LogP contribution in [0.5, 0.6) is 0 Å². The number of allylic oxidation sites excluding steroid dienone is 1. The lowest BCUT2D eigenvalue weighted by atomic mass is 9.93. The Balaban J connectivity index is 2.25. The maximum absolute atomic E-state index is 2.43. The van der Waals surface area contributed by atoms with Crippen LogP contribution in [0.25, 0.3) is 0 Å². The Bertz CT molecular complexity index is 161. The van der Waals surface area contributed by atoms with Gasteiger partial charge in [0.25, 0.3) is 0 Å². The summed E-state index contributed by atoms with van der Waals surface area (Å²) in [4.78, 5) is 0. The summed E-state index contributed by atoms with van der Waals surface area (Å²) >= 11 is 2.03. The molecule has 1 atom stereocenters. The van der Waals surface area contributed by atoms with Crippen molar-refractivity contribution in [3.05, 3.63) is 11.0 Å². The predicted molar refractivity (Wildman–Crippen MR) is 63.1 cm³/mol. The zero-order chi connectivity index (χ0) is 9.52. The monoisotopic (exact) mass is 198 g/mol. The van der Waals surface area contributed by atoms with E-state index in [9.17, 15) is 0 Å². The fraction of sp³-hybridized carbons (Fsp3) is 0.833. The van der Waals surface area contributed by atoms with Gasteiger partial charge in [0.2, 0.25) is 0 Å². The molecule has 0 aromatic rings. The fourth-order valence-electron chi connectivity index (χ4n) is 1.84. The van der Waals surface area contributed by atoms with Gasteiger partial charge >= 0.3 is 0 Å². The summed E-state index contributed by atoms with van der Waals surface area (Å²) in [6.45, 7) is 4.57. The Morgan fingerprint density at radius 1 is 1.31 bits per heavy atom. The van der Waals surface area contributed by atoms with Crippen molar-refractivity contribution in [3.63, 3.8) is 0 Å². The van der Waals surface area contributed by atoms with E-state index in [1.165, 1.54) is 44.3 Å². The molecule has 0 bridgehead atoms. The van der Waals surface area contributed by atoms with E-state index in [1.807, 2.05) is 11.8 Å². The zero-order valence-electron chi connectivity index (χ0n) is 9.01. The van der Waals surface area contributed by atoms with E-state index in [1.54, 1.807) is 5.57 Å². The number of rotatable bonds is 6. The first kappa shape index (κ1) is 11.2. The second kappa shape index (κ2) is 6.53. The molecule has 0 fully saturated rings. The van der Waals surface area contributed by atoms with Crippen LogP contribution < -0.4 is 0 Å². The van der Waals surface area contributed by atoms with Gasteiger partial charge in [-0.1, -0.05) is 38.7 Å². The molecule has 0 saturated carbocycles. The van der Waals surface area contributed by atoms with Gasteiger partial charge in [0.05, 0.1) is 0 Å². The lowest BCUT2D eigenvalue weighted by Gasteiger charge is -2.13. The van der Waals surface area contributed by atoms with Crippen molar-refractivity contribution in [1.82, 2.24) is 0 Å². The van der Waals surface area contributed by atoms with Gasteiger partial charge in [-0.25, -0.2) is 0 Å². The van der Waals surface area contributed by atoms with E-state index >= 15 is 0 Å². The van der Waals surface area contributed by atoms with Crippen molar-refractivity contribution in [2.45, 2.75) is 52.4 Å². The van der Waals surface area contributed by atoms with Gasteiger partial charge in [0.1, 0.15) is 0 Å². The first-order valence-corrected chi connectivity index (χ1v) is 6.73. The fourth-order valence-corrected chi connectivity index (χ4v) is 3.07. The Kier molecular flexibility index (Phi) is 5.61. The van der Waals surface area contributed by atoms with Gasteiger partial charge in [0, 0.05) is 5.75 Å². The second-order valence-corrected chi connectivity index (χ2v) is 4.87. The molecular formula is C12H22S. The Labute approximate surface area is 87.2 Å². The maximum atomic E-state index is 2.43. The predicted octanol–water partition coefficient (Wildman–Crippen LogP) is 4.61. The van der Waals surface area contributed by atoms with E-state index in [0.29, 0.717) is 0 Å². The molecule has 1 unspecified atom stereocenters. The topological polar surface area (TPSA) is 0 Å². The average Bonchev–Trinajstić information content (AvgIpc) is 2.59. The number of thioether (sulfide) groups is 1. The zero-order valence-corrected chi connectivity index (χ0v) is 9.83. The molecule has 1 aliphatic rings. The molecule has 0 N–H and O–H groups in total. The lowest BCUT2D eigenvalue weighted by molar-refractivity contribution is 0.560. The molecule has 1 aliphatic heterocycles. The highest BCUT2D eigenvalue weighted by atomic mass is 32.2. The molecule has 13 heavy (non-hydrogen) atoms. The quantitative estimate of drug-likeness (QED) is 0.600. The van der Waals surface area contributed by atoms with Crippen LogP contribution in [-0.4, -0.2) is 5.75 Å². The molecule has 0 amide bonds. The molecular weight excluding hydrogens is 176 g/mol. The van der Waals surface area contributed by atoms with Gasteiger partial charge in [-0.2, -0.15) is 0 Å². The van der Waals surface area contributed by atoms with Crippen molar-refractivity contribution < 1.29 is 0 Å². The Hall–Kier alpha value is 0.0900. The molecule has 1 heteroatoms. The Morgan fingerprint density at radius 3 is 2.77 bits per heavy atom. The van der Waals surface area contributed by atoms with Crippen LogP contribution in [-0.2, 0) is 0 Å². The molecule has 1 heterocycles. The van der Waals surface area contributed by atoms with Crippen LogP contribution >= 0.6 is 11.8 Å². The Morgan fingerprint density at radius 2 is 2.08 bits per heavy atom. The van der Waals surface area contributed by atoms with E-state index in [-0.39, 0.29) is 0 Å². The maximum Gasteiger partial charge on any atom is 0.00400 e. The molecule has 0 radical (unpaired) electrons. The van der Waals surface area contributed by atoms with Crippen molar-refractivity contribution in [1.29, 1.82) is 0 Å². The average molecular weight is 198 g/mol. The van der Waals surface area contributed by atoms with Crippen LogP contribution in [0.4, 0.5) is 0 Å². The first-order chi connectivity index (χ1) is 6.38. The highest BCUT2D eigenvalue weighted by Crippen LogP contribution is 2.34. The number of hydrogen-bond acceptors (Lipinski definition) is 1. The van der Waals surface area contributed by atoms with Crippen LogP contribution in [0.1, 0.15) is 52.4 Å². The normalized spacial score (nSPS) is 22.0. The minimum absolute atomic E-state index is 0.927. The standard InChI is InChI=1S/C12H22S/c1-3-5-7-11-9-13-10-12(11)8-6-4-2/h9,12H,3-8,10H2,1-2H3. The SMILES string of the molecule is CCCCC1=CSCC1CCCC. The second-order valence-electron chi connectivity index (χ2n) is 3.97. The van der Waals surface area contributed by atoms with Gasteiger partial charge in [-0.15, -0.1) is 11.8 Å². The largest absolute Gasteiger partial charge is 0.134 e. The minimum Gasteiger partial charge on any atom is -0.134 e. The van der Waals surface area contributed by atoms with Gasteiger partial charge < -0.3 is 0 Å². The molecule has 0 spiro atoms. The number of hydrogen-bond donors (Lipinski definition) is 0. The molecule has 0 aromatic heterocycles. The summed E-state index contributed by atoms with van der Waals surface area (Å²) in [5.74, 6) is 2.29. The van der Waals surface area contributed by atoms with Crippen LogP contribution in [0.3, 0.4) is 0 Å². The van der Waals surface area contributed by atoms with E-state index in [2.05, 4.69) is 19.3 Å². The summed E-state index contributed by atoms with van der Waals surface area (Å²) in [6.07, 6.45) is 8.27. The third kappa shape index (κ3) is 3.76. The summed E-state index contributed by atoms with van der Waals surface area (Å²) < 4.78 is 0. The molecule has 0 nitrogen and oxygen atoms in total. The molecule has 0 aliphatic carbocycles. The third-order valence-corrected chi connectivity index (χ3v) is 3.85. The van der Waals surface area contributed by atoms with E-state index in [0.717, 1.165) is 5.92 Å². The number of unbranched alkanes of at least 4 members (excludes halogenated alkanes) is 2. The van der Waals surface area contributed by atoms with Crippen molar-refractivity contribution in [2.75, 3.05) is 5.75 Å². The molecule has 76 valence electrons. The summed E-state index contributed by atoms with van der Waals surface area (Å²) in [5, 5.41) is 2.43. The van der Waals surface area contributed by atoms with Gasteiger partial charge in [-0.3, -0.25) is 0 Å². The minimum atomic E-state index is 0.927. The van der Waals surface area contributed by atoms with Crippen LogP contribution in [0.2, 0.25) is 0 Å². The van der Waals surface area contributed by atoms with E-state index < -0.39 is 0 Å². The van der Waals surface area contributed by atoms with Crippen molar-refractivity contribution >= 4 is 11.8 Å². The van der Waals surface area contributed by atoms with Crippen molar-refractivity contribution in [2.24, 2.45) is 5.92 Å². The highest BCUT2D eigenvalue weighted by molar-refractivity contribution is 8.02. The summed E-state index contributed by atoms with van der Waals surface area (Å²) in [6, 6.07) is 0. The third-order valence-electron chi connectivity index (χ3n) is 2.78. The molecule has 1 rings (SSSR count). The summed E-state index contributed by atoms with van der Waals surface area (Å²) in [5.41, 5.74) is 1.75. The van der Waals surface area contributed by atoms with Crippen LogP contribution in [0, 0.1) is 5.92 Å². The van der Waals surface area contributed by atoms with Crippen LogP contribution in [0.15, 0.2) is 11.0 Å². The van der Waals surface area contributed by atoms with Gasteiger partial charge in [0.15, 0.2) is 0 Å². The summed E-state index contributed by atoms with van der Waals surface area (Å²) in [7, 11) is 0. The highest BCUT2D eigenvalue weighted by Gasteiger charge is 2.18.